The molecule has 0 aromatic heterocycles. The molecular weight excluding hydrogens is 250 g/mol. The van der Waals surface area contributed by atoms with Crippen molar-refractivity contribution in [2.45, 2.75) is 63.6 Å². The molecule has 0 aromatic rings. The number of carbonyl (C=O) groups excluding carboxylic acids is 1. The van der Waals surface area contributed by atoms with Crippen LogP contribution in [-0.4, -0.2) is 60.5 Å². The molecule has 3 fully saturated rings. The molecule has 4 atom stereocenters. The van der Waals surface area contributed by atoms with Gasteiger partial charge in [0, 0.05) is 31.7 Å². The first-order chi connectivity index (χ1) is 9.65. The van der Waals surface area contributed by atoms with Crippen molar-refractivity contribution in [1.29, 1.82) is 0 Å². The number of rotatable bonds is 1. The van der Waals surface area contributed by atoms with Crippen molar-refractivity contribution in [3.63, 3.8) is 0 Å². The molecule has 20 heavy (non-hydrogen) atoms. The molecule has 4 heteroatoms. The minimum atomic E-state index is 0.0835. The number of hydrogen-bond donors (Lipinski definition) is 1. The lowest BCUT2D eigenvalue weighted by Crippen LogP contribution is -2.60. The summed E-state index contributed by atoms with van der Waals surface area (Å²) in [5.74, 6) is 1.19. The molecule has 114 valence electrons. The standard InChI is InChI=1S/C16H29N3O/c1-12-11-18(2)9-10-19(12)16(20)15-8-7-13-5-3-4-6-14(13)17-15/h12-15,17H,3-11H2,1-2H3. The molecule has 1 saturated carbocycles. The molecular formula is C16H29N3O. The Morgan fingerprint density at radius 3 is 2.70 bits per heavy atom. The molecule has 0 aromatic carbocycles. The van der Waals surface area contributed by atoms with Crippen molar-refractivity contribution >= 4 is 5.91 Å². The Balaban J connectivity index is 1.60. The Hall–Kier alpha value is -0.610. The number of likely N-dealkylation sites (N-methyl/N-ethyl adjacent to an activating group) is 1. The van der Waals surface area contributed by atoms with Crippen LogP contribution in [0.15, 0.2) is 0 Å². The summed E-state index contributed by atoms with van der Waals surface area (Å²) in [6, 6.07) is 1.04. The summed E-state index contributed by atoms with van der Waals surface area (Å²) in [5, 5.41) is 3.68. The number of fused-ring (bicyclic) bond motifs is 1. The first-order valence-electron chi connectivity index (χ1n) is 8.40. The lowest BCUT2D eigenvalue weighted by atomic mass is 9.77. The van der Waals surface area contributed by atoms with Crippen LogP contribution in [-0.2, 0) is 4.79 Å². The van der Waals surface area contributed by atoms with Gasteiger partial charge in [0.2, 0.25) is 5.91 Å². The number of carbonyl (C=O) groups is 1. The molecule has 1 N–H and O–H groups in total. The fourth-order valence-electron chi connectivity index (χ4n) is 4.36. The van der Waals surface area contributed by atoms with Crippen molar-refractivity contribution in [2.24, 2.45) is 5.92 Å². The molecule has 0 bridgehead atoms. The van der Waals surface area contributed by atoms with E-state index in [0.29, 0.717) is 18.0 Å². The van der Waals surface area contributed by atoms with Crippen molar-refractivity contribution in [1.82, 2.24) is 15.1 Å². The fourth-order valence-corrected chi connectivity index (χ4v) is 4.36. The molecule has 0 spiro atoms. The van der Waals surface area contributed by atoms with Gasteiger partial charge >= 0.3 is 0 Å². The van der Waals surface area contributed by atoms with Gasteiger partial charge in [-0.2, -0.15) is 0 Å². The normalized spacial score (nSPS) is 39.4. The molecule has 0 radical (unpaired) electrons. The first-order valence-corrected chi connectivity index (χ1v) is 8.40. The van der Waals surface area contributed by atoms with E-state index in [1.54, 1.807) is 0 Å². The van der Waals surface area contributed by atoms with Gasteiger partial charge in [-0.05, 0) is 45.6 Å². The molecule has 3 rings (SSSR count). The van der Waals surface area contributed by atoms with Crippen LogP contribution in [0.3, 0.4) is 0 Å². The monoisotopic (exact) mass is 279 g/mol. The molecule has 2 saturated heterocycles. The van der Waals surface area contributed by atoms with Gasteiger partial charge in [-0.25, -0.2) is 0 Å². The zero-order valence-electron chi connectivity index (χ0n) is 13.0. The molecule has 2 heterocycles. The summed E-state index contributed by atoms with van der Waals surface area (Å²) in [5.41, 5.74) is 0. The first kappa shape index (κ1) is 14.3. The van der Waals surface area contributed by atoms with E-state index in [1.807, 2.05) is 0 Å². The van der Waals surface area contributed by atoms with Crippen LogP contribution in [0, 0.1) is 5.92 Å². The van der Waals surface area contributed by atoms with Crippen molar-refractivity contribution in [2.75, 3.05) is 26.7 Å². The maximum atomic E-state index is 12.8. The molecule has 3 aliphatic rings. The maximum absolute atomic E-state index is 12.8. The van der Waals surface area contributed by atoms with E-state index in [-0.39, 0.29) is 6.04 Å². The van der Waals surface area contributed by atoms with E-state index >= 15 is 0 Å². The van der Waals surface area contributed by atoms with Crippen molar-refractivity contribution < 1.29 is 4.79 Å². The summed E-state index contributed by atoms with van der Waals surface area (Å²) >= 11 is 0. The molecule has 4 unspecified atom stereocenters. The van der Waals surface area contributed by atoms with Gasteiger partial charge in [-0.1, -0.05) is 12.8 Å². The predicted molar refractivity (Wildman–Crippen MR) is 80.6 cm³/mol. The molecule has 4 nitrogen and oxygen atoms in total. The third-order valence-electron chi connectivity index (χ3n) is 5.56. The zero-order chi connectivity index (χ0) is 14.1. The van der Waals surface area contributed by atoms with Crippen LogP contribution in [0.5, 0.6) is 0 Å². The highest BCUT2D eigenvalue weighted by molar-refractivity contribution is 5.82. The summed E-state index contributed by atoms with van der Waals surface area (Å²) in [7, 11) is 2.14. The van der Waals surface area contributed by atoms with Crippen molar-refractivity contribution in [3.8, 4) is 0 Å². The quantitative estimate of drug-likeness (QED) is 0.789. The fraction of sp³-hybridized carbons (Fsp3) is 0.938. The van der Waals surface area contributed by atoms with Gasteiger partial charge in [0.1, 0.15) is 0 Å². The predicted octanol–water partition coefficient (Wildman–Crippen LogP) is 1.46. The average molecular weight is 279 g/mol. The topological polar surface area (TPSA) is 35.6 Å². The second-order valence-electron chi connectivity index (χ2n) is 7.09. The van der Waals surface area contributed by atoms with Crippen LogP contribution < -0.4 is 5.32 Å². The minimum absolute atomic E-state index is 0.0835. The maximum Gasteiger partial charge on any atom is 0.240 e. The number of hydrogen-bond acceptors (Lipinski definition) is 3. The van der Waals surface area contributed by atoms with Crippen LogP contribution in [0.1, 0.15) is 45.4 Å². The smallest absolute Gasteiger partial charge is 0.240 e. The Kier molecular flexibility index (Phi) is 4.32. The highest BCUT2D eigenvalue weighted by atomic mass is 16.2. The summed E-state index contributed by atoms with van der Waals surface area (Å²) < 4.78 is 0. The summed E-state index contributed by atoms with van der Waals surface area (Å²) in [6.45, 7) is 5.09. The average Bonchev–Trinajstić information content (AvgIpc) is 2.46. The molecule has 1 amide bonds. The van der Waals surface area contributed by atoms with Gasteiger partial charge in [-0.15, -0.1) is 0 Å². The van der Waals surface area contributed by atoms with Crippen LogP contribution >= 0.6 is 0 Å². The van der Waals surface area contributed by atoms with E-state index < -0.39 is 0 Å². The number of nitrogens with zero attached hydrogens (tertiary/aromatic N) is 2. The van der Waals surface area contributed by atoms with Gasteiger partial charge in [-0.3, -0.25) is 4.79 Å². The zero-order valence-corrected chi connectivity index (χ0v) is 13.0. The van der Waals surface area contributed by atoms with Crippen LogP contribution in [0.25, 0.3) is 0 Å². The van der Waals surface area contributed by atoms with Gasteiger partial charge in [0.15, 0.2) is 0 Å². The van der Waals surface area contributed by atoms with Gasteiger partial charge in [0.05, 0.1) is 6.04 Å². The van der Waals surface area contributed by atoms with Crippen LogP contribution in [0.4, 0.5) is 0 Å². The molecule has 1 aliphatic carbocycles. The lowest BCUT2D eigenvalue weighted by molar-refractivity contribution is -0.139. The minimum Gasteiger partial charge on any atom is -0.336 e. The lowest BCUT2D eigenvalue weighted by Gasteiger charge is -2.44. The second kappa shape index (κ2) is 6.02. The summed E-state index contributed by atoms with van der Waals surface area (Å²) in [6.07, 6.45) is 7.64. The Labute approximate surface area is 122 Å². The number of nitrogens with one attached hydrogen (secondary N) is 1. The van der Waals surface area contributed by atoms with Gasteiger partial charge in [0.25, 0.3) is 0 Å². The number of amides is 1. The second-order valence-corrected chi connectivity index (χ2v) is 7.09. The van der Waals surface area contributed by atoms with Crippen LogP contribution in [0.2, 0.25) is 0 Å². The van der Waals surface area contributed by atoms with E-state index in [1.165, 1.54) is 32.1 Å². The third kappa shape index (κ3) is 2.86. The van der Waals surface area contributed by atoms with Gasteiger partial charge < -0.3 is 15.1 Å². The van der Waals surface area contributed by atoms with E-state index in [4.69, 9.17) is 0 Å². The third-order valence-corrected chi connectivity index (χ3v) is 5.56. The van der Waals surface area contributed by atoms with E-state index in [9.17, 15) is 4.79 Å². The van der Waals surface area contributed by atoms with E-state index in [2.05, 4.69) is 29.1 Å². The Morgan fingerprint density at radius 2 is 1.90 bits per heavy atom. The van der Waals surface area contributed by atoms with E-state index in [0.717, 1.165) is 32.0 Å². The summed E-state index contributed by atoms with van der Waals surface area (Å²) in [4.78, 5) is 17.2. The number of piperidine rings is 1. The molecule has 2 aliphatic heterocycles. The van der Waals surface area contributed by atoms with Crippen molar-refractivity contribution in [3.05, 3.63) is 0 Å². The largest absolute Gasteiger partial charge is 0.336 e. The Bertz CT molecular complexity index is 360. The number of piperazine rings is 1. The Morgan fingerprint density at radius 1 is 1.10 bits per heavy atom. The highest BCUT2D eigenvalue weighted by Gasteiger charge is 2.37. The highest BCUT2D eigenvalue weighted by Crippen LogP contribution is 2.32. The SMILES string of the molecule is CC1CN(C)CCN1C(=O)C1CCC2CCCCC2N1.